The molecule has 1 nitrogen and oxygen atoms in total. The van der Waals surface area contributed by atoms with E-state index in [0.717, 1.165) is 29.9 Å². The molecule has 0 unspecified atom stereocenters. The van der Waals surface area contributed by atoms with Gasteiger partial charge in [-0.25, -0.2) is 4.39 Å². The van der Waals surface area contributed by atoms with Gasteiger partial charge in [0.15, 0.2) is 11.6 Å². The van der Waals surface area contributed by atoms with Crippen LogP contribution in [0.4, 0.5) is 4.39 Å². The maximum Gasteiger partial charge on any atom is 0.168 e. The van der Waals surface area contributed by atoms with E-state index < -0.39 is 0 Å². The molecule has 2 fully saturated rings. The fraction of sp³-hybridized carbons (Fsp3) is 0.600. The molecule has 0 atom stereocenters. The number of rotatable bonds is 7. The molecular weight excluding hydrogens is 275 g/mol. The molecule has 0 radical (unpaired) electrons. The third-order valence-corrected chi connectivity index (χ3v) is 5.02. The molecule has 1 aromatic rings. The average Bonchev–Trinajstić information content (AvgIpc) is 3.21. The number of aryl methyl sites for hydroxylation is 1. The topological polar surface area (TPSA) is 9.23 Å². The quantitative estimate of drug-likeness (QED) is 0.595. The van der Waals surface area contributed by atoms with E-state index in [1.807, 2.05) is 13.0 Å². The van der Waals surface area contributed by atoms with Gasteiger partial charge in [-0.3, -0.25) is 0 Å². The molecule has 1 aromatic carbocycles. The van der Waals surface area contributed by atoms with Gasteiger partial charge in [0.1, 0.15) is 0 Å². The highest BCUT2D eigenvalue weighted by molar-refractivity contribution is 5.37. The molecule has 2 heteroatoms. The Kier molecular flexibility index (Phi) is 5.17. The lowest BCUT2D eigenvalue weighted by Gasteiger charge is -2.11. The number of halogens is 1. The Bertz CT molecular complexity index is 525. The first-order valence-electron chi connectivity index (χ1n) is 8.81. The average molecular weight is 302 g/mol. The molecule has 2 saturated carbocycles. The fourth-order valence-corrected chi connectivity index (χ4v) is 3.25. The standard InChI is InChI=1S/C20H27FO/c1-15-18(9-5-4-8-16-6-2-3-7-16)12-13-19(20(15)21)22-14-17-10-11-17/h4,8,12-13,16-17H,2-3,5-7,9-11,14H2,1H3/b8-4+. The van der Waals surface area contributed by atoms with E-state index in [9.17, 15) is 4.39 Å². The fourth-order valence-electron chi connectivity index (χ4n) is 3.25. The van der Waals surface area contributed by atoms with Crippen molar-refractivity contribution in [3.63, 3.8) is 0 Å². The van der Waals surface area contributed by atoms with Crippen molar-refractivity contribution in [3.05, 3.63) is 41.2 Å². The minimum atomic E-state index is -0.169. The molecule has 120 valence electrons. The zero-order chi connectivity index (χ0) is 15.4. The third-order valence-electron chi connectivity index (χ3n) is 5.02. The summed E-state index contributed by atoms with van der Waals surface area (Å²) in [6.07, 6.45) is 14.5. The molecule has 0 bridgehead atoms. The van der Waals surface area contributed by atoms with Crippen molar-refractivity contribution in [2.75, 3.05) is 6.61 Å². The van der Waals surface area contributed by atoms with Crippen LogP contribution < -0.4 is 4.74 Å². The lowest BCUT2D eigenvalue weighted by molar-refractivity contribution is 0.284. The number of ether oxygens (including phenoxy) is 1. The number of allylic oxidation sites excluding steroid dienone is 2. The van der Waals surface area contributed by atoms with Crippen LogP contribution in [0.1, 0.15) is 56.1 Å². The van der Waals surface area contributed by atoms with E-state index >= 15 is 0 Å². The summed E-state index contributed by atoms with van der Waals surface area (Å²) >= 11 is 0. The summed E-state index contributed by atoms with van der Waals surface area (Å²) in [5, 5.41) is 0. The van der Waals surface area contributed by atoms with Crippen LogP contribution in [-0.2, 0) is 6.42 Å². The minimum absolute atomic E-state index is 0.169. The lowest BCUT2D eigenvalue weighted by atomic mass is 10.0. The summed E-state index contributed by atoms with van der Waals surface area (Å²) < 4.78 is 19.9. The van der Waals surface area contributed by atoms with Gasteiger partial charge in [0.05, 0.1) is 6.61 Å². The largest absolute Gasteiger partial charge is 0.490 e. The van der Waals surface area contributed by atoms with Gasteiger partial charge in [-0.1, -0.05) is 31.1 Å². The van der Waals surface area contributed by atoms with E-state index in [1.165, 1.54) is 38.5 Å². The van der Waals surface area contributed by atoms with Crippen molar-refractivity contribution < 1.29 is 9.13 Å². The Hall–Kier alpha value is -1.31. The second-order valence-corrected chi connectivity index (χ2v) is 6.93. The summed E-state index contributed by atoms with van der Waals surface area (Å²) in [6, 6.07) is 3.84. The Labute approximate surface area is 133 Å². The van der Waals surface area contributed by atoms with Gasteiger partial charge in [0, 0.05) is 0 Å². The zero-order valence-electron chi connectivity index (χ0n) is 13.6. The lowest BCUT2D eigenvalue weighted by Crippen LogP contribution is -2.03. The molecule has 0 spiro atoms. The van der Waals surface area contributed by atoms with Gasteiger partial charge < -0.3 is 4.74 Å². The van der Waals surface area contributed by atoms with Crippen molar-refractivity contribution in [2.24, 2.45) is 11.8 Å². The van der Waals surface area contributed by atoms with Crippen LogP contribution in [0.25, 0.3) is 0 Å². The van der Waals surface area contributed by atoms with Crippen molar-refractivity contribution in [1.29, 1.82) is 0 Å². The van der Waals surface area contributed by atoms with Gasteiger partial charge in [-0.05, 0) is 74.5 Å². The summed E-state index contributed by atoms with van der Waals surface area (Å²) in [5.41, 5.74) is 1.86. The normalized spacial score (nSPS) is 19.2. The van der Waals surface area contributed by atoms with Crippen LogP contribution in [0.15, 0.2) is 24.3 Å². The zero-order valence-corrected chi connectivity index (χ0v) is 13.6. The Morgan fingerprint density at radius 2 is 1.95 bits per heavy atom. The number of hydrogen-bond acceptors (Lipinski definition) is 1. The van der Waals surface area contributed by atoms with Crippen LogP contribution in [0, 0.1) is 24.6 Å². The van der Waals surface area contributed by atoms with Crippen LogP contribution in [-0.4, -0.2) is 6.61 Å². The summed E-state index contributed by atoms with van der Waals surface area (Å²) in [5.74, 6) is 1.70. The SMILES string of the molecule is Cc1c(CC/C=C/C2CCCC2)ccc(OCC2CC2)c1F. The maximum absolute atomic E-state index is 14.3. The van der Waals surface area contributed by atoms with Gasteiger partial charge in [0.2, 0.25) is 0 Å². The van der Waals surface area contributed by atoms with Crippen molar-refractivity contribution in [1.82, 2.24) is 0 Å². The predicted octanol–water partition coefficient (Wildman–Crippen LogP) is 5.60. The van der Waals surface area contributed by atoms with Crippen LogP contribution in [0.2, 0.25) is 0 Å². The highest BCUT2D eigenvalue weighted by Gasteiger charge is 2.22. The molecular formula is C20H27FO. The van der Waals surface area contributed by atoms with Gasteiger partial charge in [0.25, 0.3) is 0 Å². The van der Waals surface area contributed by atoms with E-state index in [1.54, 1.807) is 6.07 Å². The molecule has 2 aliphatic rings. The van der Waals surface area contributed by atoms with Gasteiger partial charge in [-0.2, -0.15) is 0 Å². The smallest absolute Gasteiger partial charge is 0.168 e. The van der Waals surface area contributed by atoms with Crippen LogP contribution >= 0.6 is 0 Å². The predicted molar refractivity (Wildman–Crippen MR) is 88.8 cm³/mol. The highest BCUT2D eigenvalue weighted by atomic mass is 19.1. The third kappa shape index (κ3) is 4.12. The van der Waals surface area contributed by atoms with Crippen molar-refractivity contribution in [2.45, 2.75) is 58.3 Å². The first-order chi connectivity index (χ1) is 10.7. The molecule has 0 aromatic heterocycles. The van der Waals surface area contributed by atoms with E-state index in [2.05, 4.69) is 12.2 Å². The van der Waals surface area contributed by atoms with E-state index in [0.29, 0.717) is 18.3 Å². The molecule has 0 aliphatic heterocycles. The molecule has 3 rings (SSSR count). The minimum Gasteiger partial charge on any atom is -0.490 e. The number of hydrogen-bond donors (Lipinski definition) is 0. The van der Waals surface area contributed by atoms with E-state index in [4.69, 9.17) is 4.74 Å². The van der Waals surface area contributed by atoms with Gasteiger partial charge in [-0.15, -0.1) is 0 Å². The Balaban J connectivity index is 1.52. The second kappa shape index (κ2) is 7.30. The summed E-state index contributed by atoms with van der Waals surface area (Å²) in [4.78, 5) is 0. The first-order valence-corrected chi connectivity index (χ1v) is 8.81. The molecule has 2 aliphatic carbocycles. The summed E-state index contributed by atoms with van der Waals surface area (Å²) in [6.45, 7) is 2.54. The maximum atomic E-state index is 14.3. The van der Waals surface area contributed by atoms with E-state index in [-0.39, 0.29) is 5.82 Å². The molecule has 0 heterocycles. The highest BCUT2D eigenvalue weighted by Crippen LogP contribution is 2.31. The Morgan fingerprint density at radius 1 is 1.18 bits per heavy atom. The second-order valence-electron chi connectivity index (χ2n) is 6.93. The first kappa shape index (κ1) is 15.6. The Morgan fingerprint density at radius 3 is 2.68 bits per heavy atom. The molecule has 0 amide bonds. The molecule has 0 N–H and O–H groups in total. The monoisotopic (exact) mass is 302 g/mol. The van der Waals surface area contributed by atoms with Crippen molar-refractivity contribution in [3.8, 4) is 5.75 Å². The molecule has 0 saturated heterocycles. The van der Waals surface area contributed by atoms with Crippen molar-refractivity contribution >= 4 is 0 Å². The van der Waals surface area contributed by atoms with Gasteiger partial charge >= 0.3 is 0 Å². The van der Waals surface area contributed by atoms with Crippen LogP contribution in [0.5, 0.6) is 5.75 Å². The molecule has 22 heavy (non-hydrogen) atoms. The summed E-state index contributed by atoms with van der Waals surface area (Å²) in [7, 11) is 0. The van der Waals surface area contributed by atoms with Crippen LogP contribution in [0.3, 0.4) is 0 Å². The number of benzene rings is 1.